The summed E-state index contributed by atoms with van der Waals surface area (Å²) in [5.74, 6) is 0.539. The number of hydrogen-bond donors (Lipinski definition) is 1. The zero-order valence-electron chi connectivity index (χ0n) is 21.9. The highest BCUT2D eigenvalue weighted by atomic mass is 14.9. The minimum absolute atomic E-state index is 0.0909. The number of hydrogen-bond acceptors (Lipinski definition) is 1. The van der Waals surface area contributed by atoms with Crippen LogP contribution in [0.5, 0.6) is 0 Å². The minimum atomic E-state index is -0.0909. The Balaban J connectivity index is 1.42. The fourth-order valence-corrected chi connectivity index (χ4v) is 6.39. The van der Waals surface area contributed by atoms with Crippen molar-refractivity contribution in [3.05, 3.63) is 124 Å². The normalized spacial score (nSPS) is 16.0. The third kappa shape index (κ3) is 3.45. The fraction of sp³-hybridized carbons (Fsp3) is 0.167. The third-order valence-electron chi connectivity index (χ3n) is 8.12. The minimum Gasteiger partial charge on any atom is -0.356 e. The van der Waals surface area contributed by atoms with Crippen LogP contribution in [0, 0.1) is 5.41 Å². The number of benzene rings is 5. The van der Waals surface area contributed by atoms with E-state index >= 15 is 0 Å². The lowest BCUT2D eigenvalue weighted by molar-refractivity contribution is 0.639. The van der Waals surface area contributed by atoms with Crippen LogP contribution in [0.4, 0.5) is 5.69 Å². The molecule has 37 heavy (non-hydrogen) atoms. The van der Waals surface area contributed by atoms with E-state index in [1.165, 1.54) is 59.5 Å². The lowest BCUT2D eigenvalue weighted by Gasteiger charge is -2.30. The Hall–Kier alpha value is -4.10. The van der Waals surface area contributed by atoms with Crippen molar-refractivity contribution in [1.82, 2.24) is 0 Å². The Morgan fingerprint density at radius 3 is 1.81 bits per heavy atom. The van der Waals surface area contributed by atoms with Crippen LogP contribution in [0.15, 0.2) is 108 Å². The van der Waals surface area contributed by atoms with Gasteiger partial charge in [0.1, 0.15) is 0 Å². The second-order valence-corrected chi connectivity index (χ2v) is 11.4. The third-order valence-corrected chi connectivity index (χ3v) is 8.12. The topological polar surface area (TPSA) is 12.0 Å². The molecule has 0 bridgehead atoms. The van der Waals surface area contributed by atoms with Gasteiger partial charge in [-0.3, -0.25) is 0 Å². The molecule has 0 unspecified atom stereocenters. The molecule has 0 aliphatic heterocycles. The van der Waals surface area contributed by atoms with Gasteiger partial charge in [-0.1, -0.05) is 94.4 Å². The molecule has 0 fully saturated rings. The first-order valence-corrected chi connectivity index (χ1v) is 13.3. The van der Waals surface area contributed by atoms with Crippen molar-refractivity contribution in [2.75, 3.05) is 5.32 Å². The van der Waals surface area contributed by atoms with Crippen LogP contribution in [0.1, 0.15) is 39.2 Å². The van der Waals surface area contributed by atoms with Gasteiger partial charge in [0.25, 0.3) is 0 Å². The summed E-state index contributed by atoms with van der Waals surface area (Å²) < 4.78 is 0. The zero-order chi connectivity index (χ0) is 25.3. The molecule has 180 valence electrons. The van der Waals surface area contributed by atoms with Gasteiger partial charge in [-0.2, -0.15) is 0 Å². The van der Waals surface area contributed by atoms with Gasteiger partial charge in [0, 0.05) is 16.8 Å². The highest BCUT2D eigenvalue weighted by Crippen LogP contribution is 2.42. The Kier molecular flexibility index (Phi) is 4.75. The van der Waals surface area contributed by atoms with E-state index in [4.69, 9.17) is 0 Å². The average molecular weight is 478 g/mol. The van der Waals surface area contributed by atoms with Crippen molar-refractivity contribution in [2.45, 2.75) is 33.6 Å². The van der Waals surface area contributed by atoms with E-state index in [0.29, 0.717) is 5.92 Å². The van der Waals surface area contributed by atoms with Crippen molar-refractivity contribution >= 4 is 49.7 Å². The average Bonchev–Trinajstić information content (AvgIpc) is 3.26. The second-order valence-electron chi connectivity index (χ2n) is 11.4. The van der Waals surface area contributed by atoms with Crippen LogP contribution >= 0.6 is 0 Å². The van der Waals surface area contributed by atoms with Gasteiger partial charge in [-0.25, -0.2) is 0 Å². The molecule has 7 rings (SSSR count). The van der Waals surface area contributed by atoms with Gasteiger partial charge < -0.3 is 5.32 Å². The quantitative estimate of drug-likeness (QED) is 0.258. The SMILES string of the molecule is CC(C)c1ccc(NC2=CC(C)(C)C3=c4cc5c6ccccc6c6ccccc6c5cc4=CC3=C2)cc1. The molecule has 2 aliphatic rings. The maximum Gasteiger partial charge on any atom is 0.0384 e. The highest BCUT2D eigenvalue weighted by Gasteiger charge is 2.30. The van der Waals surface area contributed by atoms with Gasteiger partial charge in [-0.15, -0.1) is 0 Å². The van der Waals surface area contributed by atoms with Gasteiger partial charge in [0.15, 0.2) is 0 Å². The number of fused-ring (bicyclic) bond motifs is 8. The summed E-state index contributed by atoms with van der Waals surface area (Å²) in [5, 5.41) is 14.3. The summed E-state index contributed by atoms with van der Waals surface area (Å²) in [7, 11) is 0. The molecule has 0 radical (unpaired) electrons. The number of anilines is 1. The van der Waals surface area contributed by atoms with Crippen LogP contribution in [0.25, 0.3) is 44.0 Å². The van der Waals surface area contributed by atoms with E-state index < -0.39 is 0 Å². The lowest BCUT2D eigenvalue weighted by Crippen LogP contribution is -2.28. The summed E-state index contributed by atoms with van der Waals surface area (Å²) in [5.41, 5.74) is 6.29. The summed E-state index contributed by atoms with van der Waals surface area (Å²) in [6.07, 6.45) is 7.08. The Morgan fingerprint density at radius 2 is 1.22 bits per heavy atom. The standard InChI is InChI=1S/C36H31N/c1-22(2)23-13-15-26(16-14-23)37-27-18-25-17-24-19-33-30-11-7-5-9-28(30)29-10-6-8-12-31(29)34(33)20-32(24)35(25)36(3,4)21-27/h5-22,37H,1-4H3. The van der Waals surface area contributed by atoms with E-state index in [2.05, 4.69) is 136 Å². The largest absolute Gasteiger partial charge is 0.356 e. The van der Waals surface area contributed by atoms with E-state index in [1.54, 1.807) is 0 Å². The van der Waals surface area contributed by atoms with Crippen molar-refractivity contribution in [3.63, 3.8) is 0 Å². The lowest BCUT2D eigenvalue weighted by atomic mass is 9.76. The van der Waals surface area contributed by atoms with Crippen molar-refractivity contribution in [2.24, 2.45) is 5.41 Å². The van der Waals surface area contributed by atoms with E-state index in [0.717, 1.165) is 11.4 Å². The van der Waals surface area contributed by atoms with Gasteiger partial charge in [-0.05, 0) is 102 Å². The number of rotatable bonds is 3. The molecule has 0 amide bonds. The maximum absolute atomic E-state index is 3.67. The van der Waals surface area contributed by atoms with Crippen molar-refractivity contribution in [3.8, 4) is 0 Å². The molecule has 5 aromatic rings. The molecule has 0 saturated heterocycles. The molecule has 0 aromatic heterocycles. The molecule has 0 saturated carbocycles. The highest BCUT2D eigenvalue weighted by molar-refractivity contribution is 6.25. The molecule has 1 nitrogen and oxygen atoms in total. The molecule has 2 aliphatic carbocycles. The van der Waals surface area contributed by atoms with E-state index in [-0.39, 0.29) is 5.41 Å². The second kappa shape index (κ2) is 7.95. The smallest absolute Gasteiger partial charge is 0.0384 e. The summed E-state index contributed by atoms with van der Waals surface area (Å²) >= 11 is 0. The van der Waals surface area contributed by atoms with E-state index in [1.807, 2.05) is 0 Å². The number of allylic oxidation sites excluding steroid dienone is 3. The Bertz CT molecular complexity index is 1930. The predicted molar refractivity (Wildman–Crippen MR) is 160 cm³/mol. The van der Waals surface area contributed by atoms with E-state index in [9.17, 15) is 0 Å². The van der Waals surface area contributed by atoms with Gasteiger partial charge >= 0.3 is 0 Å². The van der Waals surface area contributed by atoms with Crippen LogP contribution in [-0.2, 0) is 0 Å². The molecule has 1 N–H and O–H groups in total. The van der Waals surface area contributed by atoms with Gasteiger partial charge in [0.05, 0.1) is 0 Å². The Morgan fingerprint density at radius 1 is 0.649 bits per heavy atom. The van der Waals surface area contributed by atoms with Crippen LogP contribution in [0.3, 0.4) is 0 Å². The summed E-state index contributed by atoms with van der Waals surface area (Å²) in [4.78, 5) is 0. The van der Waals surface area contributed by atoms with Crippen LogP contribution < -0.4 is 15.8 Å². The zero-order valence-corrected chi connectivity index (χ0v) is 21.9. The monoisotopic (exact) mass is 477 g/mol. The first-order valence-electron chi connectivity index (χ1n) is 13.3. The van der Waals surface area contributed by atoms with Crippen LogP contribution in [0.2, 0.25) is 0 Å². The van der Waals surface area contributed by atoms with Gasteiger partial charge in [0.2, 0.25) is 0 Å². The molecule has 0 spiro atoms. The molecular weight excluding hydrogens is 446 g/mol. The Labute approximate surface area is 218 Å². The maximum atomic E-state index is 3.67. The first-order chi connectivity index (χ1) is 17.9. The van der Waals surface area contributed by atoms with Crippen LogP contribution in [-0.4, -0.2) is 0 Å². The molecule has 0 heterocycles. The summed E-state index contributed by atoms with van der Waals surface area (Å²) in [6, 6.07) is 31.4. The fourth-order valence-electron chi connectivity index (χ4n) is 6.39. The molecular formula is C36H31N. The molecule has 0 atom stereocenters. The number of nitrogens with one attached hydrogen (secondary N) is 1. The molecule has 5 aromatic carbocycles. The van der Waals surface area contributed by atoms with Crippen molar-refractivity contribution in [1.29, 1.82) is 0 Å². The predicted octanol–water partition coefficient (Wildman–Crippen LogP) is 8.18. The summed E-state index contributed by atoms with van der Waals surface area (Å²) in [6.45, 7) is 9.15. The van der Waals surface area contributed by atoms with Crippen molar-refractivity contribution < 1.29 is 0 Å². The molecule has 1 heteroatoms. The first kappa shape index (κ1) is 22.1.